The second-order valence-electron chi connectivity index (χ2n) is 6.96. The molecule has 1 saturated heterocycles. The Labute approximate surface area is 159 Å². The van der Waals surface area contributed by atoms with Crippen LogP contribution >= 0.6 is 0 Å². The van der Waals surface area contributed by atoms with Crippen molar-refractivity contribution in [3.8, 4) is 0 Å². The van der Waals surface area contributed by atoms with E-state index in [-0.39, 0.29) is 29.2 Å². The number of nitrogen functional groups attached to an aromatic ring is 1. The number of fused-ring (bicyclic) bond motifs is 1. The number of halogens is 2. The predicted molar refractivity (Wildman–Crippen MR) is 96.8 cm³/mol. The van der Waals surface area contributed by atoms with Crippen LogP contribution in [0, 0.1) is 5.92 Å². The second-order valence-corrected chi connectivity index (χ2v) is 6.96. The van der Waals surface area contributed by atoms with E-state index in [9.17, 15) is 13.6 Å². The molecular formula is C18H19F2N7O. The van der Waals surface area contributed by atoms with Gasteiger partial charge in [-0.05, 0) is 24.5 Å². The Bertz CT molecular complexity index is 1020. The van der Waals surface area contributed by atoms with Crippen molar-refractivity contribution in [1.29, 1.82) is 0 Å². The van der Waals surface area contributed by atoms with Gasteiger partial charge in [-0.2, -0.15) is 10.1 Å². The zero-order valence-corrected chi connectivity index (χ0v) is 15.2. The number of carbonyl (C=O) groups excluding carboxylic acids is 1. The first-order chi connectivity index (χ1) is 13.5. The topological polar surface area (TPSA) is 102 Å². The summed E-state index contributed by atoms with van der Waals surface area (Å²) in [7, 11) is 0. The first kappa shape index (κ1) is 18.2. The lowest BCUT2D eigenvalue weighted by Crippen LogP contribution is -2.43. The third kappa shape index (κ3) is 3.14. The quantitative estimate of drug-likeness (QED) is 0.740. The number of nitrogens with zero attached hydrogens (tertiary/aromatic N) is 6. The molecule has 3 aromatic heterocycles. The molecule has 0 aromatic carbocycles. The molecule has 1 amide bonds. The van der Waals surface area contributed by atoms with Crippen LogP contribution in [0.4, 0.5) is 14.5 Å². The summed E-state index contributed by atoms with van der Waals surface area (Å²) in [5, 5.41) is 4.14. The van der Waals surface area contributed by atoms with Crippen molar-refractivity contribution in [3.63, 3.8) is 0 Å². The molecule has 10 heteroatoms. The Hall–Kier alpha value is -3.17. The number of carbonyl (C=O) groups is 1. The lowest BCUT2D eigenvalue weighted by Gasteiger charge is -2.37. The number of piperidine rings is 1. The second kappa shape index (κ2) is 7.10. The van der Waals surface area contributed by atoms with Gasteiger partial charge in [-0.15, -0.1) is 0 Å². The van der Waals surface area contributed by atoms with Crippen LogP contribution in [-0.2, 0) is 0 Å². The van der Waals surface area contributed by atoms with Crippen LogP contribution in [0.2, 0.25) is 0 Å². The Morgan fingerprint density at radius 3 is 2.96 bits per heavy atom. The van der Waals surface area contributed by atoms with Crippen molar-refractivity contribution < 1.29 is 13.6 Å². The van der Waals surface area contributed by atoms with Gasteiger partial charge in [0, 0.05) is 25.2 Å². The maximum Gasteiger partial charge on any atom is 0.280 e. The molecule has 0 spiro atoms. The van der Waals surface area contributed by atoms with Gasteiger partial charge in [-0.25, -0.2) is 18.3 Å². The smallest absolute Gasteiger partial charge is 0.280 e. The van der Waals surface area contributed by atoms with E-state index in [2.05, 4.69) is 20.1 Å². The van der Waals surface area contributed by atoms with Gasteiger partial charge in [0.1, 0.15) is 12.0 Å². The number of hydrogen-bond donors (Lipinski definition) is 1. The van der Waals surface area contributed by atoms with E-state index in [1.807, 2.05) is 6.92 Å². The average molecular weight is 387 g/mol. The molecule has 8 nitrogen and oxygen atoms in total. The van der Waals surface area contributed by atoms with Gasteiger partial charge in [0.15, 0.2) is 0 Å². The fraction of sp³-hybridized carbons (Fsp3) is 0.389. The van der Waals surface area contributed by atoms with E-state index in [1.54, 1.807) is 11.0 Å². The van der Waals surface area contributed by atoms with Gasteiger partial charge in [0.05, 0.1) is 23.1 Å². The van der Waals surface area contributed by atoms with Crippen molar-refractivity contribution in [1.82, 2.24) is 29.5 Å². The number of aromatic nitrogens is 5. The minimum Gasteiger partial charge on any atom is -0.397 e. The zero-order chi connectivity index (χ0) is 19.8. The van der Waals surface area contributed by atoms with Crippen molar-refractivity contribution in [2.75, 3.05) is 18.8 Å². The van der Waals surface area contributed by atoms with E-state index in [0.29, 0.717) is 30.0 Å². The number of pyridine rings is 1. The number of amides is 1. The van der Waals surface area contributed by atoms with Crippen LogP contribution in [0.3, 0.4) is 0 Å². The Morgan fingerprint density at radius 2 is 2.21 bits per heavy atom. The maximum atomic E-state index is 13.3. The molecule has 0 saturated carbocycles. The van der Waals surface area contributed by atoms with E-state index in [1.165, 1.54) is 29.3 Å². The standard InChI is InChI=1S/C18H19F2N7O/c1-10-3-5-26(17(28)11-2-4-22-7-13(11)21)8-12(10)15-6-14(16(19)20)25-18-23-9-24-27(15)18/h2,4,6-7,9-10,12,16H,3,5,8,21H2,1H3/t10-,12-/m1/s1. The molecule has 1 aliphatic heterocycles. The maximum absolute atomic E-state index is 13.3. The molecule has 2 N–H and O–H groups in total. The van der Waals surface area contributed by atoms with Crippen LogP contribution in [0.5, 0.6) is 0 Å². The molecule has 0 bridgehead atoms. The highest BCUT2D eigenvalue weighted by Gasteiger charge is 2.33. The molecule has 4 heterocycles. The third-order valence-corrected chi connectivity index (χ3v) is 5.23. The van der Waals surface area contributed by atoms with Crippen molar-refractivity contribution in [2.45, 2.75) is 25.7 Å². The highest BCUT2D eigenvalue weighted by molar-refractivity contribution is 5.98. The molecule has 0 unspecified atom stereocenters. The first-order valence-electron chi connectivity index (χ1n) is 8.93. The monoisotopic (exact) mass is 387 g/mol. The molecule has 146 valence electrons. The SMILES string of the molecule is C[C@@H]1CCN(C(=O)c2ccncc2N)C[C@H]1c1cc(C(F)F)nc2ncnn12. The number of nitrogens with two attached hydrogens (primary N) is 1. The Kier molecular flexibility index (Phi) is 4.62. The number of alkyl halides is 2. The van der Waals surface area contributed by atoms with Gasteiger partial charge in [-0.3, -0.25) is 9.78 Å². The lowest BCUT2D eigenvalue weighted by molar-refractivity contribution is 0.0666. The largest absolute Gasteiger partial charge is 0.397 e. The fourth-order valence-electron chi connectivity index (χ4n) is 3.64. The summed E-state index contributed by atoms with van der Waals surface area (Å²) in [4.78, 5) is 26.4. The molecule has 4 rings (SSSR count). The summed E-state index contributed by atoms with van der Waals surface area (Å²) < 4.78 is 28.1. The minimum atomic E-state index is -2.71. The zero-order valence-electron chi connectivity index (χ0n) is 15.2. The van der Waals surface area contributed by atoms with Crippen molar-refractivity contribution in [3.05, 3.63) is 47.8 Å². The first-order valence-corrected chi connectivity index (χ1v) is 8.93. The Balaban J connectivity index is 1.70. The van der Waals surface area contributed by atoms with Crippen LogP contribution in [-0.4, -0.2) is 48.5 Å². The summed E-state index contributed by atoms with van der Waals surface area (Å²) in [6.45, 7) is 2.97. The molecule has 0 radical (unpaired) electrons. The fourth-order valence-corrected chi connectivity index (χ4v) is 3.64. The molecule has 0 aliphatic carbocycles. The van der Waals surface area contributed by atoms with E-state index < -0.39 is 6.43 Å². The Morgan fingerprint density at radius 1 is 1.39 bits per heavy atom. The van der Waals surface area contributed by atoms with E-state index >= 15 is 0 Å². The highest BCUT2D eigenvalue weighted by atomic mass is 19.3. The van der Waals surface area contributed by atoms with Gasteiger partial charge >= 0.3 is 0 Å². The van der Waals surface area contributed by atoms with Crippen molar-refractivity contribution >= 4 is 17.4 Å². The third-order valence-electron chi connectivity index (χ3n) is 5.23. The van der Waals surface area contributed by atoms with Crippen LogP contribution < -0.4 is 5.73 Å². The van der Waals surface area contributed by atoms with Crippen molar-refractivity contribution in [2.24, 2.45) is 5.92 Å². The van der Waals surface area contributed by atoms with Gasteiger partial charge in [0.2, 0.25) is 0 Å². The van der Waals surface area contributed by atoms with Gasteiger partial charge < -0.3 is 10.6 Å². The molecule has 3 aromatic rings. The number of rotatable bonds is 3. The van der Waals surface area contributed by atoms with E-state index in [0.717, 1.165) is 6.42 Å². The number of anilines is 1. The summed E-state index contributed by atoms with van der Waals surface area (Å²) in [6, 6.07) is 2.95. The van der Waals surface area contributed by atoms with Gasteiger partial charge in [0.25, 0.3) is 18.1 Å². The molecule has 28 heavy (non-hydrogen) atoms. The lowest BCUT2D eigenvalue weighted by atomic mass is 9.84. The summed E-state index contributed by atoms with van der Waals surface area (Å²) in [5.41, 5.74) is 6.82. The molecule has 1 fully saturated rings. The normalized spacial score (nSPS) is 20.1. The van der Waals surface area contributed by atoms with Crippen LogP contribution in [0.25, 0.3) is 5.78 Å². The summed E-state index contributed by atoms with van der Waals surface area (Å²) >= 11 is 0. The summed E-state index contributed by atoms with van der Waals surface area (Å²) in [5.74, 6) is -0.0961. The minimum absolute atomic E-state index is 0.127. The molecule has 1 aliphatic rings. The summed E-state index contributed by atoms with van der Waals surface area (Å²) in [6.07, 6.45) is 2.26. The average Bonchev–Trinajstić information content (AvgIpc) is 3.16. The number of hydrogen-bond acceptors (Lipinski definition) is 6. The van der Waals surface area contributed by atoms with Gasteiger partial charge in [-0.1, -0.05) is 6.92 Å². The molecule has 2 atom stereocenters. The molecular weight excluding hydrogens is 368 g/mol. The highest BCUT2D eigenvalue weighted by Crippen LogP contribution is 2.34. The van der Waals surface area contributed by atoms with Crippen LogP contribution in [0.15, 0.2) is 30.9 Å². The number of likely N-dealkylation sites (tertiary alicyclic amines) is 1. The predicted octanol–water partition coefficient (Wildman–Crippen LogP) is 2.30. The van der Waals surface area contributed by atoms with E-state index in [4.69, 9.17) is 5.73 Å². The van der Waals surface area contributed by atoms with Crippen LogP contribution in [0.1, 0.15) is 47.4 Å².